The number of nitrogens with zero attached hydrogens (tertiary/aromatic N) is 1. The van der Waals surface area contributed by atoms with Gasteiger partial charge in [-0.1, -0.05) is 12.8 Å². The number of nitrogens with one attached hydrogen (secondary N) is 1. The molecule has 1 aliphatic carbocycles. The van der Waals surface area contributed by atoms with E-state index in [1.54, 1.807) is 12.1 Å². The van der Waals surface area contributed by atoms with Gasteiger partial charge < -0.3 is 10.4 Å². The number of carboxylic acid groups (broad SMARTS) is 1. The molecule has 1 saturated carbocycles. The third-order valence-corrected chi connectivity index (χ3v) is 3.05. The second-order valence-corrected chi connectivity index (χ2v) is 4.27. The average molecular weight is 220 g/mol. The molecule has 0 atom stereocenters. The van der Waals surface area contributed by atoms with Crippen molar-refractivity contribution in [2.24, 2.45) is 5.92 Å². The number of carboxylic acids is 1. The van der Waals surface area contributed by atoms with Crippen LogP contribution in [0.5, 0.6) is 0 Å². The van der Waals surface area contributed by atoms with Crippen LogP contribution in [0.1, 0.15) is 36.2 Å². The van der Waals surface area contributed by atoms with Gasteiger partial charge in [0.1, 0.15) is 5.69 Å². The van der Waals surface area contributed by atoms with Gasteiger partial charge in [0, 0.05) is 18.4 Å². The lowest BCUT2D eigenvalue weighted by Crippen LogP contribution is -2.11. The Morgan fingerprint density at radius 2 is 2.25 bits per heavy atom. The quantitative estimate of drug-likeness (QED) is 0.817. The highest BCUT2D eigenvalue weighted by molar-refractivity contribution is 5.86. The maximum Gasteiger partial charge on any atom is 0.354 e. The minimum atomic E-state index is -0.982. The molecule has 0 radical (unpaired) electrons. The van der Waals surface area contributed by atoms with Crippen LogP contribution in [0.2, 0.25) is 0 Å². The first-order valence-electron chi connectivity index (χ1n) is 5.69. The fraction of sp³-hybridized carbons (Fsp3) is 0.500. The lowest BCUT2D eigenvalue weighted by Gasteiger charge is -2.11. The van der Waals surface area contributed by atoms with Crippen molar-refractivity contribution in [2.75, 3.05) is 11.9 Å². The van der Waals surface area contributed by atoms with Crippen LogP contribution in [0.15, 0.2) is 18.3 Å². The van der Waals surface area contributed by atoms with Crippen LogP contribution >= 0.6 is 0 Å². The van der Waals surface area contributed by atoms with Gasteiger partial charge in [0.15, 0.2) is 0 Å². The first-order chi connectivity index (χ1) is 7.75. The van der Waals surface area contributed by atoms with E-state index in [0.29, 0.717) is 0 Å². The van der Waals surface area contributed by atoms with E-state index in [0.717, 1.165) is 18.2 Å². The van der Waals surface area contributed by atoms with Crippen molar-refractivity contribution in [3.63, 3.8) is 0 Å². The lowest BCUT2D eigenvalue weighted by atomic mass is 10.1. The second-order valence-electron chi connectivity index (χ2n) is 4.27. The third kappa shape index (κ3) is 2.72. The molecule has 1 aromatic heterocycles. The number of anilines is 1. The van der Waals surface area contributed by atoms with Crippen LogP contribution in [0.4, 0.5) is 5.69 Å². The minimum Gasteiger partial charge on any atom is -0.477 e. The van der Waals surface area contributed by atoms with Crippen molar-refractivity contribution >= 4 is 11.7 Å². The van der Waals surface area contributed by atoms with E-state index in [-0.39, 0.29) is 5.69 Å². The number of hydrogen-bond donors (Lipinski definition) is 2. The van der Waals surface area contributed by atoms with Gasteiger partial charge in [-0.25, -0.2) is 9.78 Å². The normalized spacial score (nSPS) is 16.2. The van der Waals surface area contributed by atoms with E-state index in [4.69, 9.17) is 5.11 Å². The van der Waals surface area contributed by atoms with Crippen LogP contribution in [-0.2, 0) is 0 Å². The molecule has 4 nitrogen and oxygen atoms in total. The molecule has 86 valence electrons. The highest BCUT2D eigenvalue weighted by atomic mass is 16.4. The summed E-state index contributed by atoms with van der Waals surface area (Å²) in [5.41, 5.74) is 0.940. The van der Waals surface area contributed by atoms with Crippen molar-refractivity contribution in [3.8, 4) is 0 Å². The number of aromatic carboxylic acids is 1. The van der Waals surface area contributed by atoms with E-state index in [1.165, 1.54) is 31.9 Å². The van der Waals surface area contributed by atoms with Gasteiger partial charge in [0.25, 0.3) is 0 Å². The van der Waals surface area contributed by atoms with Crippen molar-refractivity contribution < 1.29 is 9.90 Å². The van der Waals surface area contributed by atoms with Gasteiger partial charge in [0.2, 0.25) is 0 Å². The summed E-state index contributed by atoms with van der Waals surface area (Å²) in [7, 11) is 0. The number of aromatic nitrogens is 1. The Hall–Kier alpha value is -1.58. The standard InChI is InChI=1S/C12H16N2O2/c15-12(16)11-7-10(5-6-13-11)14-8-9-3-1-2-4-9/h5-7,9H,1-4,8H2,(H,13,14)(H,15,16). The van der Waals surface area contributed by atoms with Crippen LogP contribution in [0, 0.1) is 5.92 Å². The molecular formula is C12H16N2O2. The minimum absolute atomic E-state index is 0.0939. The molecule has 2 N–H and O–H groups in total. The Balaban J connectivity index is 1.93. The first-order valence-corrected chi connectivity index (χ1v) is 5.69. The summed E-state index contributed by atoms with van der Waals surface area (Å²) in [5.74, 6) is -0.244. The third-order valence-electron chi connectivity index (χ3n) is 3.05. The van der Waals surface area contributed by atoms with E-state index >= 15 is 0 Å². The molecule has 16 heavy (non-hydrogen) atoms. The molecule has 1 aromatic rings. The van der Waals surface area contributed by atoms with Crippen LogP contribution in [0.3, 0.4) is 0 Å². The molecule has 0 aliphatic heterocycles. The molecule has 0 saturated heterocycles. The molecular weight excluding hydrogens is 204 g/mol. The molecule has 0 spiro atoms. The molecule has 0 amide bonds. The van der Waals surface area contributed by atoms with Crippen LogP contribution in [-0.4, -0.2) is 22.6 Å². The molecule has 0 unspecified atom stereocenters. The van der Waals surface area contributed by atoms with Gasteiger partial charge in [0.05, 0.1) is 0 Å². The van der Waals surface area contributed by atoms with Gasteiger partial charge in [-0.2, -0.15) is 0 Å². The SMILES string of the molecule is O=C(O)c1cc(NCC2CCCC2)ccn1. The second kappa shape index (κ2) is 4.96. The predicted octanol–water partition coefficient (Wildman–Crippen LogP) is 2.38. The Labute approximate surface area is 94.7 Å². The van der Waals surface area contributed by atoms with Crippen molar-refractivity contribution in [1.82, 2.24) is 4.98 Å². The number of rotatable bonds is 4. The Morgan fingerprint density at radius 1 is 1.50 bits per heavy atom. The fourth-order valence-electron chi connectivity index (χ4n) is 2.13. The fourth-order valence-corrected chi connectivity index (χ4v) is 2.13. The molecule has 1 heterocycles. The van der Waals surface area contributed by atoms with E-state index in [2.05, 4.69) is 10.3 Å². The number of carbonyl (C=O) groups is 1. The summed E-state index contributed by atoms with van der Waals surface area (Å²) >= 11 is 0. The zero-order valence-corrected chi connectivity index (χ0v) is 9.15. The highest BCUT2D eigenvalue weighted by Crippen LogP contribution is 2.24. The average Bonchev–Trinajstić information content (AvgIpc) is 2.79. The van der Waals surface area contributed by atoms with Gasteiger partial charge in [-0.15, -0.1) is 0 Å². The van der Waals surface area contributed by atoms with E-state index in [1.807, 2.05) is 0 Å². The predicted molar refractivity (Wildman–Crippen MR) is 61.6 cm³/mol. The summed E-state index contributed by atoms with van der Waals surface area (Å²) in [5, 5.41) is 12.1. The van der Waals surface area contributed by atoms with Gasteiger partial charge >= 0.3 is 5.97 Å². The topological polar surface area (TPSA) is 62.2 Å². The lowest BCUT2D eigenvalue weighted by molar-refractivity contribution is 0.0690. The van der Waals surface area contributed by atoms with Crippen LogP contribution < -0.4 is 5.32 Å². The van der Waals surface area contributed by atoms with Crippen molar-refractivity contribution in [3.05, 3.63) is 24.0 Å². The molecule has 2 rings (SSSR count). The molecule has 0 bridgehead atoms. The molecule has 0 aromatic carbocycles. The number of pyridine rings is 1. The Kier molecular flexibility index (Phi) is 3.39. The number of hydrogen-bond acceptors (Lipinski definition) is 3. The maximum absolute atomic E-state index is 10.7. The Morgan fingerprint density at radius 3 is 2.94 bits per heavy atom. The molecule has 1 fully saturated rings. The van der Waals surface area contributed by atoms with Crippen molar-refractivity contribution in [1.29, 1.82) is 0 Å². The molecule has 4 heteroatoms. The highest BCUT2D eigenvalue weighted by Gasteiger charge is 2.14. The molecule has 1 aliphatic rings. The largest absolute Gasteiger partial charge is 0.477 e. The van der Waals surface area contributed by atoms with E-state index in [9.17, 15) is 4.79 Å². The zero-order valence-electron chi connectivity index (χ0n) is 9.15. The maximum atomic E-state index is 10.7. The van der Waals surface area contributed by atoms with Gasteiger partial charge in [-0.05, 0) is 30.9 Å². The van der Waals surface area contributed by atoms with Crippen molar-refractivity contribution in [2.45, 2.75) is 25.7 Å². The summed E-state index contributed by atoms with van der Waals surface area (Å²) in [6.45, 7) is 0.934. The summed E-state index contributed by atoms with van der Waals surface area (Å²) in [6.07, 6.45) is 6.74. The Bertz CT molecular complexity index is 373. The summed E-state index contributed by atoms with van der Waals surface area (Å²) in [6, 6.07) is 3.39. The smallest absolute Gasteiger partial charge is 0.354 e. The first kappa shape index (κ1) is 10.9. The zero-order chi connectivity index (χ0) is 11.4. The van der Waals surface area contributed by atoms with Crippen LogP contribution in [0.25, 0.3) is 0 Å². The summed E-state index contributed by atoms with van der Waals surface area (Å²) in [4.78, 5) is 14.5. The van der Waals surface area contributed by atoms with Gasteiger partial charge in [-0.3, -0.25) is 0 Å². The summed E-state index contributed by atoms with van der Waals surface area (Å²) < 4.78 is 0. The monoisotopic (exact) mass is 220 g/mol. The van der Waals surface area contributed by atoms with E-state index < -0.39 is 5.97 Å².